The maximum Gasteiger partial charge on any atom is 0.147 e. The van der Waals surface area contributed by atoms with Gasteiger partial charge >= 0.3 is 0 Å². The van der Waals surface area contributed by atoms with E-state index >= 15 is 0 Å². The SMILES string of the molecule is CC(O)(c1ccc(F)cc1)c1ccncc1F. The van der Waals surface area contributed by atoms with Crippen LogP contribution in [-0.2, 0) is 5.60 Å². The maximum atomic E-state index is 13.6. The standard InChI is InChI=1S/C13H11F2NO/c1-13(17,9-2-4-10(14)5-3-9)11-6-7-16-8-12(11)15/h2-8,17H,1H3. The van der Waals surface area contributed by atoms with Crippen LogP contribution in [0.4, 0.5) is 8.78 Å². The Hall–Kier alpha value is -1.81. The molecule has 1 heterocycles. The number of aromatic nitrogens is 1. The zero-order chi connectivity index (χ0) is 12.5. The number of benzene rings is 1. The first kappa shape index (κ1) is 11.7. The molecular formula is C13H11F2NO. The molecule has 2 rings (SSSR count). The molecule has 0 bridgehead atoms. The van der Waals surface area contributed by atoms with Gasteiger partial charge in [0, 0.05) is 11.8 Å². The van der Waals surface area contributed by atoms with Gasteiger partial charge in [0.15, 0.2) is 0 Å². The van der Waals surface area contributed by atoms with Gasteiger partial charge in [0.2, 0.25) is 0 Å². The normalized spacial score (nSPS) is 14.4. The van der Waals surface area contributed by atoms with Gasteiger partial charge in [0.1, 0.15) is 17.2 Å². The Labute approximate surface area is 97.6 Å². The van der Waals surface area contributed by atoms with Gasteiger partial charge in [-0.05, 0) is 30.7 Å². The molecular weight excluding hydrogens is 224 g/mol. The lowest BCUT2D eigenvalue weighted by atomic mass is 9.88. The summed E-state index contributed by atoms with van der Waals surface area (Å²) in [5.74, 6) is -0.999. The van der Waals surface area contributed by atoms with E-state index in [2.05, 4.69) is 4.98 Å². The first-order valence-corrected chi connectivity index (χ1v) is 5.10. The molecule has 0 aliphatic rings. The molecule has 17 heavy (non-hydrogen) atoms. The summed E-state index contributed by atoms with van der Waals surface area (Å²) in [7, 11) is 0. The van der Waals surface area contributed by atoms with Gasteiger partial charge in [-0.2, -0.15) is 0 Å². The number of aliphatic hydroxyl groups is 1. The first-order valence-electron chi connectivity index (χ1n) is 5.10. The van der Waals surface area contributed by atoms with Crippen molar-refractivity contribution in [2.24, 2.45) is 0 Å². The van der Waals surface area contributed by atoms with Crippen molar-refractivity contribution in [2.75, 3.05) is 0 Å². The van der Waals surface area contributed by atoms with Crippen LogP contribution in [0.15, 0.2) is 42.7 Å². The summed E-state index contributed by atoms with van der Waals surface area (Å²) in [6.45, 7) is 1.46. The lowest BCUT2D eigenvalue weighted by molar-refractivity contribution is 0.0977. The first-order chi connectivity index (χ1) is 8.01. The molecule has 0 amide bonds. The van der Waals surface area contributed by atoms with Crippen LogP contribution in [-0.4, -0.2) is 10.1 Å². The third-order valence-electron chi connectivity index (χ3n) is 2.70. The van der Waals surface area contributed by atoms with Crippen molar-refractivity contribution in [1.29, 1.82) is 0 Å². The highest BCUT2D eigenvalue weighted by Crippen LogP contribution is 2.30. The van der Waals surface area contributed by atoms with Crippen molar-refractivity contribution in [3.63, 3.8) is 0 Å². The van der Waals surface area contributed by atoms with E-state index in [4.69, 9.17) is 0 Å². The molecule has 0 radical (unpaired) electrons. The van der Waals surface area contributed by atoms with E-state index < -0.39 is 17.2 Å². The molecule has 0 aliphatic heterocycles. The number of hydrogen-bond donors (Lipinski definition) is 1. The molecule has 4 heteroatoms. The second-order valence-electron chi connectivity index (χ2n) is 3.93. The Bertz CT molecular complexity index is 523. The number of pyridine rings is 1. The van der Waals surface area contributed by atoms with Crippen LogP contribution in [0, 0.1) is 11.6 Å². The molecule has 2 nitrogen and oxygen atoms in total. The molecule has 0 saturated heterocycles. The Balaban J connectivity index is 2.49. The van der Waals surface area contributed by atoms with Gasteiger partial charge in [0.05, 0.1) is 6.20 Å². The van der Waals surface area contributed by atoms with Gasteiger partial charge in [-0.3, -0.25) is 4.98 Å². The average molecular weight is 235 g/mol. The van der Waals surface area contributed by atoms with Crippen molar-refractivity contribution in [3.8, 4) is 0 Å². The van der Waals surface area contributed by atoms with E-state index in [1.54, 1.807) is 0 Å². The molecule has 0 aliphatic carbocycles. The van der Waals surface area contributed by atoms with Crippen molar-refractivity contribution in [1.82, 2.24) is 4.98 Å². The smallest absolute Gasteiger partial charge is 0.147 e. The van der Waals surface area contributed by atoms with Crippen LogP contribution in [0.5, 0.6) is 0 Å². The molecule has 0 spiro atoms. The lowest BCUT2D eigenvalue weighted by Crippen LogP contribution is -2.24. The van der Waals surface area contributed by atoms with Crippen LogP contribution >= 0.6 is 0 Å². The Morgan fingerprint density at radius 2 is 1.76 bits per heavy atom. The minimum Gasteiger partial charge on any atom is -0.381 e. The Morgan fingerprint density at radius 3 is 2.35 bits per heavy atom. The second kappa shape index (κ2) is 4.22. The van der Waals surface area contributed by atoms with E-state index in [0.717, 1.165) is 6.20 Å². The Morgan fingerprint density at radius 1 is 1.12 bits per heavy atom. The number of nitrogens with zero attached hydrogens (tertiary/aromatic N) is 1. The Kier molecular flexibility index (Phi) is 2.90. The fourth-order valence-electron chi connectivity index (χ4n) is 1.70. The molecule has 0 fully saturated rings. The van der Waals surface area contributed by atoms with E-state index in [0.29, 0.717) is 5.56 Å². The minimum absolute atomic E-state index is 0.110. The average Bonchev–Trinajstić information content (AvgIpc) is 2.30. The molecule has 1 N–H and O–H groups in total. The molecule has 2 aromatic rings. The van der Waals surface area contributed by atoms with Gasteiger partial charge in [0.25, 0.3) is 0 Å². The third-order valence-corrected chi connectivity index (χ3v) is 2.70. The molecule has 88 valence electrons. The predicted molar refractivity (Wildman–Crippen MR) is 59.3 cm³/mol. The summed E-state index contributed by atoms with van der Waals surface area (Å²) >= 11 is 0. The van der Waals surface area contributed by atoms with Gasteiger partial charge in [-0.25, -0.2) is 8.78 Å². The van der Waals surface area contributed by atoms with Crippen molar-refractivity contribution < 1.29 is 13.9 Å². The number of hydrogen-bond acceptors (Lipinski definition) is 2. The van der Waals surface area contributed by atoms with Crippen molar-refractivity contribution >= 4 is 0 Å². The van der Waals surface area contributed by atoms with Crippen LogP contribution in [0.1, 0.15) is 18.1 Å². The van der Waals surface area contributed by atoms with Crippen LogP contribution in [0.25, 0.3) is 0 Å². The monoisotopic (exact) mass is 235 g/mol. The van der Waals surface area contributed by atoms with E-state index in [-0.39, 0.29) is 5.56 Å². The van der Waals surface area contributed by atoms with Crippen LogP contribution in [0.3, 0.4) is 0 Å². The van der Waals surface area contributed by atoms with Gasteiger partial charge < -0.3 is 5.11 Å². The zero-order valence-corrected chi connectivity index (χ0v) is 9.19. The molecule has 0 saturated carbocycles. The van der Waals surface area contributed by atoms with Crippen LogP contribution < -0.4 is 0 Å². The highest BCUT2D eigenvalue weighted by atomic mass is 19.1. The van der Waals surface area contributed by atoms with Crippen molar-refractivity contribution in [2.45, 2.75) is 12.5 Å². The largest absolute Gasteiger partial charge is 0.381 e. The molecule has 1 aromatic heterocycles. The third kappa shape index (κ3) is 2.17. The van der Waals surface area contributed by atoms with Gasteiger partial charge in [-0.15, -0.1) is 0 Å². The quantitative estimate of drug-likeness (QED) is 0.868. The second-order valence-corrected chi connectivity index (χ2v) is 3.93. The fraction of sp³-hybridized carbons (Fsp3) is 0.154. The number of rotatable bonds is 2. The zero-order valence-electron chi connectivity index (χ0n) is 9.19. The highest BCUT2D eigenvalue weighted by Gasteiger charge is 2.28. The number of halogens is 2. The molecule has 1 aromatic carbocycles. The summed E-state index contributed by atoms with van der Waals surface area (Å²) in [4.78, 5) is 3.62. The van der Waals surface area contributed by atoms with Crippen LogP contribution in [0.2, 0.25) is 0 Å². The maximum absolute atomic E-state index is 13.6. The predicted octanol–water partition coefficient (Wildman–Crippen LogP) is 2.62. The molecule has 1 atom stereocenters. The van der Waals surface area contributed by atoms with Crippen molar-refractivity contribution in [3.05, 3.63) is 65.5 Å². The van der Waals surface area contributed by atoms with E-state index in [1.165, 1.54) is 43.5 Å². The molecule has 1 unspecified atom stereocenters. The highest BCUT2D eigenvalue weighted by molar-refractivity contribution is 5.34. The van der Waals surface area contributed by atoms with Gasteiger partial charge in [-0.1, -0.05) is 12.1 Å². The topological polar surface area (TPSA) is 33.1 Å². The summed E-state index contributed by atoms with van der Waals surface area (Å²) in [5, 5.41) is 10.3. The van der Waals surface area contributed by atoms with E-state index in [9.17, 15) is 13.9 Å². The summed E-state index contributed by atoms with van der Waals surface area (Å²) in [5.41, 5.74) is -0.983. The fourth-order valence-corrected chi connectivity index (χ4v) is 1.70. The summed E-state index contributed by atoms with van der Waals surface area (Å²) in [6, 6.07) is 6.70. The summed E-state index contributed by atoms with van der Waals surface area (Å²) in [6.07, 6.45) is 2.43. The summed E-state index contributed by atoms with van der Waals surface area (Å²) < 4.78 is 26.3. The van der Waals surface area contributed by atoms with E-state index in [1.807, 2.05) is 0 Å². The minimum atomic E-state index is -1.51. The lowest BCUT2D eigenvalue weighted by Gasteiger charge is -2.24.